The van der Waals surface area contributed by atoms with Crippen molar-refractivity contribution in [3.8, 4) is 11.3 Å². The maximum atomic E-state index is 10.3. The summed E-state index contributed by atoms with van der Waals surface area (Å²) in [5, 5.41) is 19.6. The van der Waals surface area contributed by atoms with Gasteiger partial charge in [0.1, 0.15) is 0 Å². The van der Waals surface area contributed by atoms with Gasteiger partial charge in [-0.15, -0.1) is 0 Å². The monoisotopic (exact) mass is 312 g/mol. The van der Waals surface area contributed by atoms with Crippen LogP contribution in [0.15, 0.2) is 48.7 Å². The fourth-order valence-electron chi connectivity index (χ4n) is 3.17. The van der Waals surface area contributed by atoms with Crippen molar-refractivity contribution in [1.82, 2.24) is 9.88 Å². The molecular formula is C19H24N2O2. The molecule has 0 saturated carbocycles. The van der Waals surface area contributed by atoms with Crippen LogP contribution in [0.25, 0.3) is 11.3 Å². The van der Waals surface area contributed by atoms with Crippen molar-refractivity contribution < 1.29 is 10.2 Å². The Kier molecular flexibility index (Phi) is 5.06. The Morgan fingerprint density at radius 3 is 2.78 bits per heavy atom. The highest BCUT2D eigenvalue weighted by Gasteiger charge is 2.29. The van der Waals surface area contributed by atoms with E-state index in [1.54, 1.807) is 0 Å². The van der Waals surface area contributed by atoms with Crippen LogP contribution in [0.3, 0.4) is 0 Å². The molecule has 1 atom stereocenters. The maximum Gasteiger partial charge on any atom is 0.0890 e. The average Bonchev–Trinajstić information content (AvgIpc) is 2.78. The lowest BCUT2D eigenvalue weighted by Gasteiger charge is -2.24. The van der Waals surface area contributed by atoms with Crippen molar-refractivity contribution >= 4 is 0 Å². The Morgan fingerprint density at radius 2 is 2.00 bits per heavy atom. The molecule has 0 spiro atoms. The summed E-state index contributed by atoms with van der Waals surface area (Å²) in [5.41, 5.74) is 2.47. The molecule has 1 fully saturated rings. The quantitative estimate of drug-likeness (QED) is 0.910. The summed E-state index contributed by atoms with van der Waals surface area (Å²) in [6, 6.07) is 14.4. The third kappa shape index (κ3) is 4.16. The number of hydrogen-bond acceptors (Lipinski definition) is 4. The van der Waals surface area contributed by atoms with Crippen molar-refractivity contribution in [2.24, 2.45) is 0 Å². The van der Waals surface area contributed by atoms with Crippen molar-refractivity contribution in [2.75, 3.05) is 19.7 Å². The number of rotatable bonds is 4. The summed E-state index contributed by atoms with van der Waals surface area (Å²) >= 11 is 0. The van der Waals surface area contributed by atoms with Gasteiger partial charge in [0.25, 0.3) is 0 Å². The summed E-state index contributed by atoms with van der Waals surface area (Å²) in [6.07, 6.45) is 4.03. The lowest BCUT2D eigenvalue weighted by Crippen LogP contribution is -2.34. The Morgan fingerprint density at radius 1 is 1.09 bits per heavy atom. The first kappa shape index (κ1) is 16.1. The van der Waals surface area contributed by atoms with E-state index in [4.69, 9.17) is 0 Å². The molecule has 3 rings (SSSR count). The molecule has 23 heavy (non-hydrogen) atoms. The molecule has 2 heterocycles. The largest absolute Gasteiger partial charge is 0.393 e. The van der Waals surface area contributed by atoms with Crippen molar-refractivity contribution in [2.45, 2.75) is 31.4 Å². The predicted octanol–water partition coefficient (Wildman–Crippen LogP) is 2.46. The van der Waals surface area contributed by atoms with E-state index in [9.17, 15) is 10.2 Å². The Hall–Kier alpha value is -1.75. The molecule has 0 amide bonds. The summed E-state index contributed by atoms with van der Waals surface area (Å²) in [7, 11) is 0. The van der Waals surface area contributed by atoms with Crippen LogP contribution in [0, 0.1) is 0 Å². The van der Waals surface area contributed by atoms with Gasteiger partial charge in [0, 0.05) is 24.8 Å². The van der Waals surface area contributed by atoms with E-state index in [-0.39, 0.29) is 6.61 Å². The average molecular weight is 312 g/mol. The SMILES string of the molecule is OCC1(O)CCCN(Cc2cccc(-c3ccccn3)c2)CC1. The molecule has 0 radical (unpaired) electrons. The third-order valence-corrected chi connectivity index (χ3v) is 4.60. The Bertz CT molecular complexity index is 632. The summed E-state index contributed by atoms with van der Waals surface area (Å²) < 4.78 is 0. The number of nitrogens with zero attached hydrogens (tertiary/aromatic N) is 2. The highest BCUT2D eigenvalue weighted by atomic mass is 16.3. The van der Waals surface area contributed by atoms with Crippen LogP contribution in [-0.4, -0.2) is 45.4 Å². The number of aliphatic hydroxyl groups is 2. The molecule has 4 nitrogen and oxygen atoms in total. The van der Waals surface area contributed by atoms with Crippen LogP contribution in [0.5, 0.6) is 0 Å². The highest BCUT2D eigenvalue weighted by molar-refractivity contribution is 5.59. The van der Waals surface area contributed by atoms with Gasteiger partial charge in [-0.25, -0.2) is 0 Å². The molecule has 0 aliphatic carbocycles. The molecule has 1 aliphatic rings. The lowest BCUT2D eigenvalue weighted by molar-refractivity contribution is -0.0255. The van der Waals surface area contributed by atoms with Crippen molar-refractivity contribution in [3.63, 3.8) is 0 Å². The standard InChI is InChI=1S/C19H24N2O2/c22-15-19(23)8-4-11-21(12-9-19)14-16-5-3-6-17(13-16)18-7-1-2-10-20-18/h1-3,5-7,10,13,22-23H,4,8-9,11-12,14-15H2. The predicted molar refractivity (Wildman–Crippen MR) is 90.8 cm³/mol. The van der Waals surface area contributed by atoms with Gasteiger partial charge in [-0.1, -0.05) is 24.3 Å². The van der Waals surface area contributed by atoms with Gasteiger partial charge in [0.2, 0.25) is 0 Å². The second-order valence-electron chi connectivity index (χ2n) is 6.43. The number of aromatic nitrogens is 1. The smallest absolute Gasteiger partial charge is 0.0890 e. The summed E-state index contributed by atoms with van der Waals surface area (Å²) in [4.78, 5) is 6.76. The van der Waals surface area contributed by atoms with E-state index in [1.165, 1.54) is 5.56 Å². The minimum Gasteiger partial charge on any atom is -0.393 e. The molecule has 1 unspecified atom stereocenters. The van der Waals surface area contributed by atoms with Gasteiger partial charge in [-0.2, -0.15) is 0 Å². The molecule has 1 saturated heterocycles. The summed E-state index contributed by atoms with van der Waals surface area (Å²) in [6.45, 7) is 2.49. The van der Waals surface area contributed by atoms with Crippen LogP contribution < -0.4 is 0 Å². The first-order valence-electron chi connectivity index (χ1n) is 8.24. The van der Waals surface area contributed by atoms with E-state index in [0.717, 1.165) is 37.3 Å². The first-order chi connectivity index (χ1) is 11.2. The second-order valence-corrected chi connectivity index (χ2v) is 6.43. The lowest BCUT2D eigenvalue weighted by atomic mass is 9.96. The third-order valence-electron chi connectivity index (χ3n) is 4.60. The van der Waals surface area contributed by atoms with E-state index < -0.39 is 5.60 Å². The van der Waals surface area contributed by atoms with E-state index >= 15 is 0 Å². The zero-order valence-corrected chi connectivity index (χ0v) is 13.4. The molecule has 0 bridgehead atoms. The number of likely N-dealkylation sites (tertiary alicyclic amines) is 1. The molecule has 1 aliphatic heterocycles. The van der Waals surface area contributed by atoms with E-state index in [1.807, 2.05) is 24.4 Å². The highest BCUT2D eigenvalue weighted by Crippen LogP contribution is 2.24. The number of hydrogen-bond donors (Lipinski definition) is 2. The Balaban J connectivity index is 1.69. The molecule has 1 aromatic carbocycles. The van der Waals surface area contributed by atoms with Gasteiger partial charge >= 0.3 is 0 Å². The van der Waals surface area contributed by atoms with Crippen LogP contribution in [-0.2, 0) is 6.54 Å². The molecule has 1 aromatic heterocycles. The molecule has 2 aromatic rings. The number of aliphatic hydroxyl groups excluding tert-OH is 1. The molecular weight excluding hydrogens is 288 g/mol. The minimum absolute atomic E-state index is 0.143. The molecule has 4 heteroatoms. The van der Waals surface area contributed by atoms with E-state index in [2.05, 4.69) is 34.1 Å². The van der Waals surface area contributed by atoms with Crippen molar-refractivity contribution in [3.05, 3.63) is 54.2 Å². The van der Waals surface area contributed by atoms with Gasteiger partial charge in [-0.3, -0.25) is 9.88 Å². The number of benzene rings is 1. The second kappa shape index (κ2) is 7.21. The normalized spacial score (nSPS) is 22.7. The van der Waals surface area contributed by atoms with Crippen LogP contribution in [0.1, 0.15) is 24.8 Å². The zero-order chi connectivity index (χ0) is 16.1. The maximum absolute atomic E-state index is 10.3. The van der Waals surface area contributed by atoms with Gasteiger partial charge < -0.3 is 10.2 Å². The minimum atomic E-state index is -0.898. The van der Waals surface area contributed by atoms with Crippen LogP contribution in [0.4, 0.5) is 0 Å². The van der Waals surface area contributed by atoms with Gasteiger partial charge in [-0.05, 0) is 49.6 Å². The number of pyridine rings is 1. The first-order valence-corrected chi connectivity index (χ1v) is 8.24. The Labute approximate surface area is 137 Å². The fourth-order valence-corrected chi connectivity index (χ4v) is 3.17. The van der Waals surface area contributed by atoms with Crippen LogP contribution >= 0.6 is 0 Å². The van der Waals surface area contributed by atoms with E-state index in [0.29, 0.717) is 12.8 Å². The van der Waals surface area contributed by atoms with Crippen molar-refractivity contribution in [1.29, 1.82) is 0 Å². The van der Waals surface area contributed by atoms with Crippen LogP contribution in [0.2, 0.25) is 0 Å². The van der Waals surface area contributed by atoms with Gasteiger partial charge in [0.05, 0.1) is 17.9 Å². The fraction of sp³-hybridized carbons (Fsp3) is 0.421. The van der Waals surface area contributed by atoms with Gasteiger partial charge in [0.15, 0.2) is 0 Å². The topological polar surface area (TPSA) is 56.6 Å². The molecule has 122 valence electrons. The summed E-state index contributed by atoms with van der Waals surface area (Å²) in [5.74, 6) is 0. The molecule has 2 N–H and O–H groups in total. The zero-order valence-electron chi connectivity index (χ0n) is 13.4.